The average molecular weight is 173 g/mol. The Hall–Kier alpha value is -0.120. The van der Waals surface area contributed by atoms with Gasteiger partial charge in [0.25, 0.3) is 0 Å². The molecule has 0 atom stereocenters. The Labute approximate surface area is 74.1 Å². The van der Waals surface area contributed by atoms with E-state index in [1.165, 1.54) is 25.7 Å². The summed E-state index contributed by atoms with van der Waals surface area (Å²) in [4.78, 5) is 5.42. The molecule has 1 fully saturated rings. The van der Waals surface area contributed by atoms with E-state index in [0.717, 1.165) is 19.4 Å². The maximum Gasteiger partial charge on any atom is 0.0790 e. The van der Waals surface area contributed by atoms with E-state index < -0.39 is 0 Å². The summed E-state index contributed by atoms with van der Waals surface area (Å²) in [5.74, 6) is 0. The predicted octanol–water partition coefficient (Wildman–Crippen LogP) is 1.22. The highest BCUT2D eigenvalue weighted by Crippen LogP contribution is 2.19. The number of nitrogens with one attached hydrogen (secondary N) is 1. The maximum atomic E-state index is 8.51. The van der Waals surface area contributed by atoms with Crippen molar-refractivity contribution in [1.29, 1.82) is 0 Å². The van der Waals surface area contributed by atoms with Crippen molar-refractivity contribution in [3.63, 3.8) is 0 Å². The molecule has 0 aliphatic heterocycles. The van der Waals surface area contributed by atoms with Crippen molar-refractivity contribution in [1.82, 2.24) is 5.48 Å². The molecule has 3 nitrogen and oxygen atoms in total. The summed E-state index contributed by atoms with van der Waals surface area (Å²) < 4.78 is 0. The number of hydrogen-bond donors (Lipinski definition) is 2. The predicted molar refractivity (Wildman–Crippen MR) is 47.7 cm³/mol. The smallest absolute Gasteiger partial charge is 0.0790 e. The Bertz CT molecular complexity index is 103. The first-order valence-corrected chi connectivity index (χ1v) is 4.93. The first-order valence-electron chi connectivity index (χ1n) is 4.93. The molecule has 0 heterocycles. The van der Waals surface area contributed by atoms with E-state index in [2.05, 4.69) is 5.48 Å². The zero-order valence-electron chi connectivity index (χ0n) is 7.59. The van der Waals surface area contributed by atoms with Crippen LogP contribution >= 0.6 is 0 Å². The van der Waals surface area contributed by atoms with Crippen LogP contribution in [-0.4, -0.2) is 24.4 Å². The molecule has 1 aliphatic rings. The second-order valence-electron chi connectivity index (χ2n) is 3.35. The molecule has 1 saturated carbocycles. The summed E-state index contributed by atoms with van der Waals surface area (Å²) in [5, 5.41) is 8.51. The van der Waals surface area contributed by atoms with Gasteiger partial charge in [0.15, 0.2) is 0 Å². The number of aliphatic hydroxyl groups excluding tert-OH is 1. The first kappa shape index (κ1) is 9.96. The lowest BCUT2D eigenvalue weighted by atomic mass is 10.3. The summed E-state index contributed by atoms with van der Waals surface area (Å²) in [6.45, 7) is 1.14. The van der Waals surface area contributed by atoms with Crippen LogP contribution < -0.4 is 5.48 Å². The third-order valence-corrected chi connectivity index (χ3v) is 2.24. The van der Waals surface area contributed by atoms with Gasteiger partial charge in [0.2, 0.25) is 0 Å². The summed E-state index contributed by atoms with van der Waals surface area (Å²) >= 11 is 0. The summed E-state index contributed by atoms with van der Waals surface area (Å²) in [5.41, 5.74) is 2.95. The van der Waals surface area contributed by atoms with E-state index in [1.54, 1.807) is 0 Å². The lowest BCUT2D eigenvalue weighted by molar-refractivity contribution is -0.0212. The second kappa shape index (κ2) is 6.40. The van der Waals surface area contributed by atoms with E-state index in [4.69, 9.17) is 9.94 Å². The maximum absolute atomic E-state index is 8.51. The zero-order valence-corrected chi connectivity index (χ0v) is 7.59. The highest BCUT2D eigenvalue weighted by Gasteiger charge is 2.14. The van der Waals surface area contributed by atoms with Gasteiger partial charge in [-0.15, -0.1) is 0 Å². The van der Waals surface area contributed by atoms with Gasteiger partial charge in [0.1, 0.15) is 0 Å². The number of unbranched alkanes of at least 4 members (excludes halogenated alkanes) is 1. The third kappa shape index (κ3) is 4.04. The molecular formula is C9H19NO2. The SMILES string of the molecule is OCCCCNOC1CCCC1. The molecular weight excluding hydrogens is 154 g/mol. The highest BCUT2D eigenvalue weighted by atomic mass is 16.7. The zero-order chi connectivity index (χ0) is 8.65. The summed E-state index contributed by atoms with van der Waals surface area (Å²) in [6, 6.07) is 0. The monoisotopic (exact) mass is 173 g/mol. The van der Waals surface area contributed by atoms with Crippen LogP contribution in [-0.2, 0) is 4.84 Å². The van der Waals surface area contributed by atoms with E-state index in [9.17, 15) is 0 Å². The quantitative estimate of drug-likeness (QED) is 0.469. The number of hydroxylamine groups is 1. The van der Waals surface area contributed by atoms with Crippen molar-refractivity contribution in [3.05, 3.63) is 0 Å². The minimum Gasteiger partial charge on any atom is -0.396 e. The molecule has 0 radical (unpaired) electrons. The fourth-order valence-corrected chi connectivity index (χ4v) is 1.49. The minimum absolute atomic E-state index is 0.283. The molecule has 72 valence electrons. The van der Waals surface area contributed by atoms with Crippen molar-refractivity contribution in [2.24, 2.45) is 0 Å². The lowest BCUT2D eigenvalue weighted by Crippen LogP contribution is -2.22. The first-order chi connectivity index (χ1) is 5.93. The molecule has 0 spiro atoms. The molecule has 0 bridgehead atoms. The van der Waals surface area contributed by atoms with Crippen LogP contribution in [0.15, 0.2) is 0 Å². The van der Waals surface area contributed by atoms with Crippen LogP contribution in [0.3, 0.4) is 0 Å². The summed E-state index contributed by atoms with van der Waals surface area (Å²) in [6.07, 6.45) is 7.31. The number of hydrogen-bond acceptors (Lipinski definition) is 3. The molecule has 3 heteroatoms. The van der Waals surface area contributed by atoms with Gasteiger partial charge in [0, 0.05) is 13.2 Å². The van der Waals surface area contributed by atoms with Gasteiger partial charge in [-0.1, -0.05) is 12.8 Å². The van der Waals surface area contributed by atoms with Crippen molar-refractivity contribution in [3.8, 4) is 0 Å². The van der Waals surface area contributed by atoms with Crippen molar-refractivity contribution >= 4 is 0 Å². The number of rotatable bonds is 6. The second-order valence-corrected chi connectivity index (χ2v) is 3.35. The largest absolute Gasteiger partial charge is 0.396 e. The minimum atomic E-state index is 0.283. The van der Waals surface area contributed by atoms with Crippen LogP contribution in [0.25, 0.3) is 0 Å². The van der Waals surface area contributed by atoms with Crippen molar-refractivity contribution in [2.45, 2.75) is 44.6 Å². The number of aliphatic hydroxyl groups is 1. The van der Waals surface area contributed by atoms with Crippen LogP contribution in [0.5, 0.6) is 0 Å². The van der Waals surface area contributed by atoms with Gasteiger partial charge in [0.05, 0.1) is 6.10 Å². The highest BCUT2D eigenvalue weighted by molar-refractivity contribution is 4.65. The van der Waals surface area contributed by atoms with E-state index in [-0.39, 0.29) is 6.61 Å². The Morgan fingerprint density at radius 3 is 2.67 bits per heavy atom. The van der Waals surface area contributed by atoms with Crippen LogP contribution in [0.4, 0.5) is 0 Å². The molecule has 0 aromatic heterocycles. The van der Waals surface area contributed by atoms with Gasteiger partial charge in [-0.3, -0.25) is 4.84 Å². The Balaban J connectivity index is 1.81. The topological polar surface area (TPSA) is 41.5 Å². The molecule has 2 N–H and O–H groups in total. The molecule has 12 heavy (non-hydrogen) atoms. The lowest BCUT2D eigenvalue weighted by Gasteiger charge is -2.10. The normalized spacial score (nSPS) is 18.8. The Morgan fingerprint density at radius 2 is 2.00 bits per heavy atom. The van der Waals surface area contributed by atoms with Crippen LogP contribution in [0, 0.1) is 0 Å². The fourth-order valence-electron chi connectivity index (χ4n) is 1.49. The summed E-state index contributed by atoms with van der Waals surface area (Å²) in [7, 11) is 0. The van der Waals surface area contributed by atoms with E-state index in [0.29, 0.717) is 6.10 Å². The van der Waals surface area contributed by atoms with E-state index in [1.807, 2.05) is 0 Å². The van der Waals surface area contributed by atoms with Crippen molar-refractivity contribution in [2.75, 3.05) is 13.2 Å². The van der Waals surface area contributed by atoms with Crippen LogP contribution in [0.2, 0.25) is 0 Å². The van der Waals surface area contributed by atoms with Gasteiger partial charge >= 0.3 is 0 Å². The average Bonchev–Trinajstić information content (AvgIpc) is 2.57. The Morgan fingerprint density at radius 1 is 1.25 bits per heavy atom. The third-order valence-electron chi connectivity index (χ3n) is 2.24. The molecule has 0 amide bonds. The van der Waals surface area contributed by atoms with Gasteiger partial charge < -0.3 is 5.11 Å². The van der Waals surface area contributed by atoms with Gasteiger partial charge in [-0.2, -0.15) is 0 Å². The molecule has 1 aliphatic carbocycles. The molecule has 0 unspecified atom stereocenters. The molecule has 1 rings (SSSR count). The van der Waals surface area contributed by atoms with Crippen LogP contribution in [0.1, 0.15) is 38.5 Å². The fraction of sp³-hybridized carbons (Fsp3) is 1.00. The van der Waals surface area contributed by atoms with Gasteiger partial charge in [-0.05, 0) is 25.7 Å². The molecule has 0 saturated heterocycles. The van der Waals surface area contributed by atoms with Gasteiger partial charge in [-0.25, -0.2) is 5.48 Å². The molecule has 0 aromatic rings. The van der Waals surface area contributed by atoms with Crippen molar-refractivity contribution < 1.29 is 9.94 Å². The Kier molecular flexibility index (Phi) is 5.32. The van der Waals surface area contributed by atoms with E-state index >= 15 is 0 Å². The standard InChI is InChI=1S/C9H19NO2/c11-8-4-3-7-10-12-9-5-1-2-6-9/h9-11H,1-8H2. The molecule has 0 aromatic carbocycles.